The number of aryl methyl sites for hydroxylation is 1. The summed E-state index contributed by atoms with van der Waals surface area (Å²) in [6, 6.07) is 4.06. The highest BCUT2D eigenvalue weighted by atomic mass is 32.1. The summed E-state index contributed by atoms with van der Waals surface area (Å²) in [4.78, 5) is 15.8. The molecule has 0 aliphatic carbocycles. The maximum atomic E-state index is 11.7. The number of carbonyl (C=O) groups excluding carboxylic acids is 1. The summed E-state index contributed by atoms with van der Waals surface area (Å²) in [6.45, 7) is 4.98. The molecule has 0 aliphatic heterocycles. The summed E-state index contributed by atoms with van der Waals surface area (Å²) >= 11 is 1.73. The number of nitrogens with one attached hydrogen (secondary N) is 1. The number of aliphatic hydroxyl groups excluding tert-OH is 1. The lowest BCUT2D eigenvalue weighted by Crippen LogP contribution is -2.38. The summed E-state index contributed by atoms with van der Waals surface area (Å²) in [5, 5.41) is 12.0. The van der Waals surface area contributed by atoms with E-state index < -0.39 is 0 Å². The Kier molecular flexibility index (Phi) is 6.15. The second-order valence-electron chi connectivity index (χ2n) is 4.44. The molecular weight excluding hydrogens is 248 g/mol. The number of thiophene rings is 1. The van der Waals surface area contributed by atoms with E-state index in [1.54, 1.807) is 30.2 Å². The lowest BCUT2D eigenvalue weighted by molar-refractivity contribution is 0.163. The minimum Gasteiger partial charge on any atom is -0.393 e. The molecule has 2 N–H and O–H groups in total. The van der Waals surface area contributed by atoms with Crippen molar-refractivity contribution in [2.24, 2.45) is 0 Å². The van der Waals surface area contributed by atoms with Crippen LogP contribution in [0.2, 0.25) is 0 Å². The van der Waals surface area contributed by atoms with Gasteiger partial charge in [-0.15, -0.1) is 11.3 Å². The predicted octanol–water partition coefficient (Wildman–Crippen LogP) is 2.22. The fourth-order valence-corrected chi connectivity index (χ4v) is 2.38. The third kappa shape index (κ3) is 5.06. The fourth-order valence-electron chi connectivity index (χ4n) is 1.49. The molecule has 0 saturated carbocycles. The quantitative estimate of drug-likeness (QED) is 0.833. The molecule has 0 saturated heterocycles. The van der Waals surface area contributed by atoms with E-state index in [0.717, 1.165) is 6.42 Å². The van der Waals surface area contributed by atoms with E-state index in [9.17, 15) is 4.79 Å². The molecule has 0 aliphatic rings. The van der Waals surface area contributed by atoms with Crippen molar-refractivity contribution in [3.63, 3.8) is 0 Å². The molecule has 1 aromatic heterocycles. The van der Waals surface area contributed by atoms with Crippen LogP contribution in [-0.2, 0) is 13.0 Å². The molecule has 18 heavy (non-hydrogen) atoms. The largest absolute Gasteiger partial charge is 0.393 e. The van der Waals surface area contributed by atoms with Crippen LogP contribution in [0.1, 0.15) is 30.0 Å². The third-order valence-corrected chi connectivity index (χ3v) is 3.94. The minimum atomic E-state index is -0.371. The van der Waals surface area contributed by atoms with Crippen LogP contribution >= 0.6 is 11.3 Å². The maximum Gasteiger partial charge on any atom is 0.317 e. The molecule has 0 radical (unpaired) electrons. The summed E-state index contributed by atoms with van der Waals surface area (Å²) in [5.41, 5.74) is 0. The molecule has 0 aromatic carbocycles. The van der Waals surface area contributed by atoms with Crippen molar-refractivity contribution in [2.45, 2.75) is 39.3 Å². The molecule has 1 heterocycles. The Balaban J connectivity index is 2.31. The number of urea groups is 1. The SMILES string of the molecule is CCc1ccc(CNC(=O)N(C)CCC(C)O)s1. The van der Waals surface area contributed by atoms with Crippen LogP contribution in [0.3, 0.4) is 0 Å². The van der Waals surface area contributed by atoms with Crippen molar-refractivity contribution in [3.8, 4) is 0 Å². The lowest BCUT2D eigenvalue weighted by atomic mass is 10.3. The molecule has 0 fully saturated rings. The van der Waals surface area contributed by atoms with E-state index in [-0.39, 0.29) is 12.1 Å². The van der Waals surface area contributed by atoms with Crippen LogP contribution < -0.4 is 5.32 Å². The Morgan fingerprint density at radius 2 is 2.17 bits per heavy atom. The Morgan fingerprint density at radius 1 is 1.50 bits per heavy atom. The smallest absolute Gasteiger partial charge is 0.317 e. The van der Waals surface area contributed by atoms with E-state index in [4.69, 9.17) is 5.11 Å². The van der Waals surface area contributed by atoms with Gasteiger partial charge in [-0.2, -0.15) is 0 Å². The second kappa shape index (κ2) is 7.38. The number of aliphatic hydroxyl groups is 1. The Labute approximate surface area is 113 Å². The zero-order chi connectivity index (χ0) is 13.5. The topological polar surface area (TPSA) is 52.6 Å². The van der Waals surface area contributed by atoms with Gasteiger partial charge in [-0.3, -0.25) is 0 Å². The number of hydrogen-bond donors (Lipinski definition) is 2. The second-order valence-corrected chi connectivity index (χ2v) is 5.69. The molecule has 1 aromatic rings. The van der Waals surface area contributed by atoms with Gasteiger partial charge < -0.3 is 15.3 Å². The Morgan fingerprint density at radius 3 is 2.72 bits per heavy atom. The Hall–Kier alpha value is -1.07. The van der Waals surface area contributed by atoms with E-state index in [1.807, 2.05) is 0 Å². The van der Waals surface area contributed by atoms with Gasteiger partial charge in [-0.25, -0.2) is 4.79 Å². The number of amides is 2. The summed E-state index contributed by atoms with van der Waals surface area (Å²) in [7, 11) is 1.74. The van der Waals surface area contributed by atoms with Crippen molar-refractivity contribution in [2.75, 3.05) is 13.6 Å². The normalized spacial score (nSPS) is 12.2. The van der Waals surface area contributed by atoms with E-state index in [0.29, 0.717) is 19.5 Å². The molecule has 1 unspecified atom stereocenters. The number of hydrogen-bond acceptors (Lipinski definition) is 3. The lowest BCUT2D eigenvalue weighted by Gasteiger charge is -2.18. The molecule has 0 bridgehead atoms. The molecule has 102 valence electrons. The number of carbonyl (C=O) groups is 1. The van der Waals surface area contributed by atoms with Gasteiger partial charge in [0, 0.05) is 23.3 Å². The van der Waals surface area contributed by atoms with E-state index in [1.165, 1.54) is 9.75 Å². The van der Waals surface area contributed by atoms with Crippen LogP contribution in [0, 0.1) is 0 Å². The average Bonchev–Trinajstić information content (AvgIpc) is 2.80. The average molecular weight is 270 g/mol. The molecule has 2 amide bonds. The van der Waals surface area contributed by atoms with Gasteiger partial charge in [0.25, 0.3) is 0 Å². The summed E-state index contributed by atoms with van der Waals surface area (Å²) < 4.78 is 0. The molecule has 1 rings (SSSR count). The van der Waals surface area contributed by atoms with Crippen molar-refractivity contribution in [1.29, 1.82) is 0 Å². The van der Waals surface area contributed by atoms with E-state index >= 15 is 0 Å². The summed E-state index contributed by atoms with van der Waals surface area (Å²) in [5.74, 6) is 0. The molecule has 4 nitrogen and oxygen atoms in total. The van der Waals surface area contributed by atoms with Crippen molar-refractivity contribution < 1.29 is 9.90 Å². The van der Waals surface area contributed by atoms with Crippen molar-refractivity contribution in [1.82, 2.24) is 10.2 Å². The maximum absolute atomic E-state index is 11.7. The minimum absolute atomic E-state index is 0.0953. The first-order valence-electron chi connectivity index (χ1n) is 6.27. The van der Waals surface area contributed by atoms with Gasteiger partial charge in [-0.05, 0) is 31.9 Å². The first-order chi connectivity index (χ1) is 8.52. The predicted molar refractivity (Wildman–Crippen MR) is 74.9 cm³/mol. The van der Waals surface area contributed by atoms with Gasteiger partial charge in [0.1, 0.15) is 0 Å². The van der Waals surface area contributed by atoms with Gasteiger partial charge in [0.15, 0.2) is 0 Å². The number of nitrogens with zero attached hydrogens (tertiary/aromatic N) is 1. The highest BCUT2D eigenvalue weighted by Gasteiger charge is 2.09. The van der Waals surface area contributed by atoms with Gasteiger partial charge in [0.05, 0.1) is 12.6 Å². The van der Waals surface area contributed by atoms with Gasteiger partial charge in [-0.1, -0.05) is 6.92 Å². The first kappa shape index (κ1) is 15.0. The van der Waals surface area contributed by atoms with Gasteiger partial charge in [0.2, 0.25) is 0 Å². The molecule has 0 spiro atoms. The highest BCUT2D eigenvalue weighted by molar-refractivity contribution is 7.11. The molecular formula is C13H22N2O2S. The van der Waals surface area contributed by atoms with Crippen LogP contribution in [-0.4, -0.2) is 35.7 Å². The molecule has 5 heteroatoms. The van der Waals surface area contributed by atoms with Crippen LogP contribution in [0.4, 0.5) is 4.79 Å². The number of rotatable bonds is 6. The molecule has 1 atom stereocenters. The third-order valence-electron chi connectivity index (χ3n) is 2.71. The summed E-state index contributed by atoms with van der Waals surface area (Å²) in [6.07, 6.45) is 1.26. The van der Waals surface area contributed by atoms with Crippen molar-refractivity contribution in [3.05, 3.63) is 21.9 Å². The zero-order valence-electron chi connectivity index (χ0n) is 11.3. The van der Waals surface area contributed by atoms with Crippen molar-refractivity contribution >= 4 is 17.4 Å². The zero-order valence-corrected chi connectivity index (χ0v) is 12.1. The Bertz CT molecular complexity index is 377. The first-order valence-corrected chi connectivity index (χ1v) is 7.09. The van der Waals surface area contributed by atoms with Crippen LogP contribution in [0.25, 0.3) is 0 Å². The van der Waals surface area contributed by atoms with E-state index in [2.05, 4.69) is 24.4 Å². The highest BCUT2D eigenvalue weighted by Crippen LogP contribution is 2.16. The van der Waals surface area contributed by atoms with Gasteiger partial charge >= 0.3 is 6.03 Å². The van der Waals surface area contributed by atoms with Crippen LogP contribution in [0.15, 0.2) is 12.1 Å². The standard InChI is InChI=1S/C13H22N2O2S/c1-4-11-5-6-12(18-11)9-14-13(17)15(3)8-7-10(2)16/h5-6,10,16H,4,7-9H2,1-3H3,(H,14,17). The monoisotopic (exact) mass is 270 g/mol. The fraction of sp³-hybridized carbons (Fsp3) is 0.615. The van der Waals surface area contributed by atoms with Crippen LogP contribution in [0.5, 0.6) is 0 Å².